The lowest BCUT2D eigenvalue weighted by molar-refractivity contribution is 0.0642. The van der Waals surface area contributed by atoms with Gasteiger partial charge in [0.1, 0.15) is 5.82 Å². The molecule has 30 heavy (non-hydrogen) atoms. The number of aromatic amines is 1. The number of sulfonamides is 1. The van der Waals surface area contributed by atoms with Gasteiger partial charge in [-0.05, 0) is 37.7 Å². The van der Waals surface area contributed by atoms with E-state index >= 15 is 0 Å². The van der Waals surface area contributed by atoms with E-state index in [4.69, 9.17) is 0 Å². The molecule has 0 radical (unpaired) electrons. The molecule has 3 atom stereocenters. The van der Waals surface area contributed by atoms with Crippen molar-refractivity contribution in [3.63, 3.8) is 0 Å². The average molecular weight is 433 g/mol. The number of aromatic nitrogens is 5. The van der Waals surface area contributed by atoms with Gasteiger partial charge in [0.15, 0.2) is 11.3 Å². The Bertz CT molecular complexity index is 1170. The fraction of sp³-hybridized carbons (Fsp3) is 0.650. The summed E-state index contributed by atoms with van der Waals surface area (Å²) in [6.07, 6.45) is 8.03. The van der Waals surface area contributed by atoms with E-state index in [0.29, 0.717) is 31.6 Å². The fourth-order valence-electron chi connectivity index (χ4n) is 5.35. The minimum Gasteiger partial charge on any atom is -0.389 e. The first-order valence-corrected chi connectivity index (χ1v) is 12.4. The van der Waals surface area contributed by atoms with Crippen LogP contribution in [0.2, 0.25) is 0 Å². The largest absolute Gasteiger partial charge is 0.389 e. The van der Waals surface area contributed by atoms with E-state index in [9.17, 15) is 13.5 Å². The van der Waals surface area contributed by atoms with Gasteiger partial charge in [0.2, 0.25) is 10.0 Å². The number of hydrogen-bond acceptors (Lipinski definition) is 6. The second-order valence-corrected chi connectivity index (χ2v) is 10.8. The Labute approximate surface area is 175 Å². The van der Waals surface area contributed by atoms with Gasteiger partial charge in [-0.2, -0.15) is 0 Å². The molecule has 9 nitrogen and oxygen atoms in total. The smallest absolute Gasteiger partial charge is 0.216 e. The molecule has 2 N–H and O–H groups in total. The van der Waals surface area contributed by atoms with Crippen molar-refractivity contribution in [3.8, 4) is 0 Å². The quantitative estimate of drug-likeness (QED) is 0.637. The number of nitrogens with zero attached hydrogens (tertiary/aromatic N) is 5. The van der Waals surface area contributed by atoms with Gasteiger partial charge in [-0.3, -0.25) is 4.40 Å². The third kappa shape index (κ3) is 3.30. The van der Waals surface area contributed by atoms with Crippen LogP contribution in [0, 0.1) is 5.92 Å². The highest BCUT2D eigenvalue weighted by Crippen LogP contribution is 2.47. The molecule has 3 aromatic rings. The molecular weight excluding hydrogens is 404 g/mol. The lowest BCUT2D eigenvalue weighted by Gasteiger charge is -2.30. The Morgan fingerprint density at radius 3 is 2.80 bits per heavy atom. The predicted molar refractivity (Wildman–Crippen MR) is 113 cm³/mol. The van der Waals surface area contributed by atoms with E-state index < -0.39 is 15.6 Å². The summed E-state index contributed by atoms with van der Waals surface area (Å²) in [5, 5.41) is 20.1. The van der Waals surface area contributed by atoms with Crippen LogP contribution in [-0.4, -0.2) is 66.8 Å². The van der Waals surface area contributed by atoms with Gasteiger partial charge in [0.05, 0.1) is 23.1 Å². The number of piperidine rings is 1. The molecule has 1 saturated heterocycles. The number of aliphatic hydroxyl groups is 1. The molecule has 5 rings (SSSR count). The lowest BCUT2D eigenvalue weighted by Crippen LogP contribution is -2.44. The molecule has 1 aliphatic heterocycles. The van der Waals surface area contributed by atoms with Crippen LogP contribution in [0.4, 0.5) is 0 Å². The van der Waals surface area contributed by atoms with Crippen LogP contribution in [-0.2, 0) is 10.0 Å². The van der Waals surface area contributed by atoms with Crippen LogP contribution < -0.4 is 0 Å². The SMILES string of the molecule is CC[C@@H]1C[C@@](O)(CS(=O)(=O)N2CCCCC2)C[C@@H]1c1nnc2cnc3[nH]ccc3n12. The van der Waals surface area contributed by atoms with Gasteiger partial charge >= 0.3 is 0 Å². The maximum Gasteiger partial charge on any atom is 0.216 e. The van der Waals surface area contributed by atoms with Gasteiger partial charge in [0, 0.05) is 25.2 Å². The summed E-state index contributed by atoms with van der Waals surface area (Å²) in [5.74, 6) is 0.633. The summed E-state index contributed by atoms with van der Waals surface area (Å²) in [5.41, 5.74) is 1.04. The van der Waals surface area contributed by atoms with Crippen LogP contribution in [0.15, 0.2) is 18.5 Å². The molecule has 0 spiro atoms. The second kappa shape index (κ2) is 7.28. The van der Waals surface area contributed by atoms with Crippen molar-refractivity contribution < 1.29 is 13.5 Å². The third-order valence-electron chi connectivity index (χ3n) is 6.79. The van der Waals surface area contributed by atoms with Crippen molar-refractivity contribution in [2.24, 2.45) is 5.92 Å². The Morgan fingerprint density at radius 2 is 2.03 bits per heavy atom. The summed E-state index contributed by atoms with van der Waals surface area (Å²) in [6, 6.07) is 1.94. The van der Waals surface area contributed by atoms with Gasteiger partial charge in [-0.15, -0.1) is 10.2 Å². The highest BCUT2D eigenvalue weighted by Gasteiger charge is 2.48. The van der Waals surface area contributed by atoms with Crippen molar-refractivity contribution in [1.29, 1.82) is 0 Å². The molecule has 0 aromatic carbocycles. The number of hydrogen-bond donors (Lipinski definition) is 2. The highest BCUT2D eigenvalue weighted by molar-refractivity contribution is 7.89. The van der Waals surface area contributed by atoms with E-state index in [1.54, 1.807) is 10.5 Å². The average Bonchev–Trinajstić information content (AvgIpc) is 3.43. The summed E-state index contributed by atoms with van der Waals surface area (Å²) in [7, 11) is -3.49. The lowest BCUT2D eigenvalue weighted by atomic mass is 9.93. The van der Waals surface area contributed by atoms with Gasteiger partial charge in [-0.1, -0.05) is 19.8 Å². The minimum atomic E-state index is -3.49. The number of rotatable bonds is 5. The standard InChI is InChI=1S/C20H28N6O3S/c1-2-14-10-20(27,13-30(28,29)25-8-4-3-5-9-25)11-15(14)19-24-23-17-12-22-18-16(26(17)19)6-7-21-18/h6-7,12,14-15,21,27H,2-5,8-11,13H2,1H3/t14-,15+,20+/m1/s1. The summed E-state index contributed by atoms with van der Waals surface area (Å²) in [6.45, 7) is 3.21. The van der Waals surface area contributed by atoms with E-state index in [0.717, 1.165) is 42.7 Å². The van der Waals surface area contributed by atoms with Crippen molar-refractivity contribution in [1.82, 2.24) is 28.9 Å². The fourth-order valence-corrected chi connectivity index (χ4v) is 7.26. The van der Waals surface area contributed by atoms with Gasteiger partial charge in [0.25, 0.3) is 0 Å². The molecule has 4 heterocycles. The molecule has 2 fully saturated rings. The molecule has 1 saturated carbocycles. The maximum absolute atomic E-state index is 13.0. The van der Waals surface area contributed by atoms with E-state index in [1.165, 1.54) is 0 Å². The molecule has 0 bridgehead atoms. The number of H-pyrrole nitrogens is 1. The van der Waals surface area contributed by atoms with Crippen LogP contribution in [0.1, 0.15) is 57.2 Å². The summed E-state index contributed by atoms with van der Waals surface area (Å²) in [4.78, 5) is 7.47. The minimum absolute atomic E-state index is 0.0629. The summed E-state index contributed by atoms with van der Waals surface area (Å²) < 4.78 is 29.6. The Morgan fingerprint density at radius 1 is 1.23 bits per heavy atom. The van der Waals surface area contributed by atoms with Crippen LogP contribution in [0.3, 0.4) is 0 Å². The molecular formula is C20H28N6O3S. The maximum atomic E-state index is 13.0. The third-order valence-corrected chi connectivity index (χ3v) is 8.85. The van der Waals surface area contributed by atoms with Crippen molar-refractivity contribution in [2.45, 2.75) is 57.0 Å². The second-order valence-electron chi connectivity index (χ2n) is 8.84. The Balaban J connectivity index is 1.47. The first-order chi connectivity index (χ1) is 14.4. The van der Waals surface area contributed by atoms with E-state index in [2.05, 4.69) is 27.1 Å². The zero-order valence-corrected chi connectivity index (χ0v) is 18.0. The van der Waals surface area contributed by atoms with E-state index in [1.807, 2.05) is 16.7 Å². The Hall–Kier alpha value is -2.04. The molecule has 10 heteroatoms. The van der Waals surface area contributed by atoms with Crippen molar-refractivity contribution in [3.05, 3.63) is 24.3 Å². The number of fused-ring (bicyclic) bond motifs is 3. The topological polar surface area (TPSA) is 116 Å². The predicted octanol–water partition coefficient (Wildman–Crippen LogP) is 2.06. The van der Waals surface area contributed by atoms with Gasteiger partial charge in [-0.25, -0.2) is 17.7 Å². The molecule has 2 aliphatic rings. The zero-order valence-electron chi connectivity index (χ0n) is 17.2. The first-order valence-electron chi connectivity index (χ1n) is 10.8. The van der Waals surface area contributed by atoms with E-state index in [-0.39, 0.29) is 17.6 Å². The van der Waals surface area contributed by atoms with Crippen LogP contribution >= 0.6 is 0 Å². The zero-order chi connectivity index (χ0) is 20.9. The van der Waals surface area contributed by atoms with Crippen LogP contribution in [0.25, 0.3) is 16.8 Å². The van der Waals surface area contributed by atoms with Gasteiger partial charge < -0.3 is 10.1 Å². The summed E-state index contributed by atoms with van der Waals surface area (Å²) >= 11 is 0. The van der Waals surface area contributed by atoms with Crippen molar-refractivity contribution >= 4 is 26.8 Å². The molecule has 1 aliphatic carbocycles. The molecule has 162 valence electrons. The Kier molecular flexibility index (Phi) is 4.83. The molecule has 3 aromatic heterocycles. The van der Waals surface area contributed by atoms with Crippen molar-refractivity contribution in [2.75, 3.05) is 18.8 Å². The highest BCUT2D eigenvalue weighted by atomic mass is 32.2. The molecule has 0 unspecified atom stereocenters. The number of nitrogens with one attached hydrogen (secondary N) is 1. The molecule has 0 amide bonds. The normalized spacial score (nSPS) is 28.6. The monoisotopic (exact) mass is 432 g/mol. The van der Waals surface area contributed by atoms with Crippen LogP contribution in [0.5, 0.6) is 0 Å². The first kappa shape index (κ1) is 19.9.